The van der Waals surface area contributed by atoms with Crippen LogP contribution in [0.3, 0.4) is 0 Å². The molecule has 0 radical (unpaired) electrons. The minimum atomic E-state index is -0.378. The van der Waals surface area contributed by atoms with Crippen LogP contribution in [0.5, 0.6) is 0 Å². The largest absolute Gasteiger partial charge is 0.462 e. The van der Waals surface area contributed by atoms with Crippen molar-refractivity contribution in [1.29, 1.82) is 0 Å². The molecule has 3 aromatic rings. The number of esters is 1. The Kier molecular flexibility index (Phi) is 4.52. The molecule has 5 heteroatoms. The number of hydrogen-bond acceptors (Lipinski definition) is 4. The van der Waals surface area contributed by atoms with Gasteiger partial charge in [-0.3, -0.25) is 9.78 Å². The van der Waals surface area contributed by atoms with Gasteiger partial charge in [-0.15, -0.1) is 0 Å². The number of nitrogens with one attached hydrogen (secondary N) is 1. The molecule has 0 saturated heterocycles. The summed E-state index contributed by atoms with van der Waals surface area (Å²) in [5.41, 5.74) is 1.42. The van der Waals surface area contributed by atoms with Gasteiger partial charge >= 0.3 is 5.97 Å². The van der Waals surface area contributed by atoms with Gasteiger partial charge in [0.05, 0.1) is 12.2 Å². The Morgan fingerprint density at radius 2 is 1.75 bits per heavy atom. The Hall–Kier alpha value is -3.21. The summed E-state index contributed by atoms with van der Waals surface area (Å²) in [6.45, 7) is 2.08. The van der Waals surface area contributed by atoms with E-state index in [0.717, 1.165) is 10.8 Å². The molecule has 0 unspecified atom stereocenters. The van der Waals surface area contributed by atoms with Crippen molar-refractivity contribution in [1.82, 2.24) is 4.98 Å². The van der Waals surface area contributed by atoms with Gasteiger partial charge in [-0.05, 0) is 36.6 Å². The summed E-state index contributed by atoms with van der Waals surface area (Å²) in [6, 6.07) is 15.9. The average molecular weight is 320 g/mol. The third-order valence-electron chi connectivity index (χ3n) is 3.57. The van der Waals surface area contributed by atoms with Crippen LogP contribution in [0, 0.1) is 0 Å². The Bertz CT molecular complexity index is 892. The number of aromatic nitrogens is 1. The van der Waals surface area contributed by atoms with Gasteiger partial charge in [0.1, 0.15) is 5.69 Å². The second-order valence-corrected chi connectivity index (χ2v) is 5.10. The van der Waals surface area contributed by atoms with E-state index in [1.54, 1.807) is 43.5 Å². The van der Waals surface area contributed by atoms with Crippen molar-refractivity contribution in [2.45, 2.75) is 6.92 Å². The highest BCUT2D eigenvalue weighted by molar-refractivity contribution is 6.12. The summed E-state index contributed by atoms with van der Waals surface area (Å²) in [4.78, 5) is 28.4. The second-order valence-electron chi connectivity index (χ2n) is 5.10. The highest BCUT2D eigenvalue weighted by atomic mass is 16.5. The Morgan fingerprint density at radius 1 is 1.00 bits per heavy atom. The van der Waals surface area contributed by atoms with E-state index in [9.17, 15) is 9.59 Å². The highest BCUT2D eigenvalue weighted by Crippen LogP contribution is 2.27. The molecule has 0 bridgehead atoms. The van der Waals surface area contributed by atoms with Crippen LogP contribution in [0.1, 0.15) is 27.8 Å². The number of anilines is 1. The summed E-state index contributed by atoms with van der Waals surface area (Å²) in [5.74, 6) is -0.680. The maximum Gasteiger partial charge on any atom is 0.338 e. The molecule has 120 valence electrons. The van der Waals surface area contributed by atoms with Crippen molar-refractivity contribution in [2.24, 2.45) is 0 Å². The number of pyridine rings is 1. The van der Waals surface area contributed by atoms with Gasteiger partial charge in [0.2, 0.25) is 0 Å². The fraction of sp³-hybridized carbons (Fsp3) is 0.105. The molecule has 2 aromatic carbocycles. The van der Waals surface area contributed by atoms with Gasteiger partial charge in [0.15, 0.2) is 0 Å². The lowest BCUT2D eigenvalue weighted by molar-refractivity contribution is 0.0528. The predicted molar refractivity (Wildman–Crippen MR) is 92.1 cm³/mol. The second kappa shape index (κ2) is 6.91. The molecule has 1 amide bonds. The monoisotopic (exact) mass is 320 g/mol. The molecular weight excluding hydrogens is 304 g/mol. The molecular formula is C19H16N2O3. The van der Waals surface area contributed by atoms with Crippen LogP contribution in [0.4, 0.5) is 5.69 Å². The Labute approximate surface area is 139 Å². The van der Waals surface area contributed by atoms with Crippen molar-refractivity contribution < 1.29 is 14.3 Å². The lowest BCUT2D eigenvalue weighted by Crippen LogP contribution is -2.14. The van der Waals surface area contributed by atoms with Crippen LogP contribution in [0.2, 0.25) is 0 Å². The van der Waals surface area contributed by atoms with Gasteiger partial charge in [0, 0.05) is 17.3 Å². The quantitative estimate of drug-likeness (QED) is 0.745. The standard InChI is InChI=1S/C19H16N2O3/c1-2-24-19(23)15-10-11-16(14-8-4-3-7-13(14)15)21-18(22)17-9-5-6-12-20-17/h3-12H,2H2,1H3,(H,21,22). The molecule has 1 N–H and O–H groups in total. The maximum atomic E-state index is 12.3. The smallest absolute Gasteiger partial charge is 0.338 e. The number of hydrogen-bond donors (Lipinski definition) is 1. The molecule has 0 spiro atoms. The number of carbonyl (C=O) groups excluding carboxylic acids is 2. The van der Waals surface area contributed by atoms with Crippen LogP contribution in [0.25, 0.3) is 10.8 Å². The molecule has 3 rings (SSSR count). The number of nitrogens with zero attached hydrogens (tertiary/aromatic N) is 1. The van der Waals surface area contributed by atoms with Crippen molar-refractivity contribution in [3.63, 3.8) is 0 Å². The molecule has 5 nitrogen and oxygen atoms in total. The van der Waals surface area contributed by atoms with E-state index in [1.807, 2.05) is 24.3 Å². The van der Waals surface area contributed by atoms with E-state index >= 15 is 0 Å². The molecule has 1 heterocycles. The fourth-order valence-electron chi connectivity index (χ4n) is 2.48. The number of ether oxygens (including phenoxy) is 1. The molecule has 0 atom stereocenters. The van der Waals surface area contributed by atoms with Crippen LogP contribution in [0.15, 0.2) is 60.8 Å². The molecule has 0 fully saturated rings. The zero-order valence-corrected chi connectivity index (χ0v) is 13.2. The van der Waals surface area contributed by atoms with E-state index in [1.165, 1.54) is 0 Å². The van der Waals surface area contributed by atoms with Crippen molar-refractivity contribution in [2.75, 3.05) is 11.9 Å². The summed E-state index contributed by atoms with van der Waals surface area (Å²) in [6.07, 6.45) is 1.57. The number of rotatable bonds is 4. The van der Waals surface area contributed by atoms with Crippen LogP contribution in [-0.4, -0.2) is 23.5 Å². The number of carbonyl (C=O) groups is 2. The summed E-state index contributed by atoms with van der Waals surface area (Å²) in [7, 11) is 0. The van der Waals surface area contributed by atoms with E-state index in [0.29, 0.717) is 23.6 Å². The van der Waals surface area contributed by atoms with Gasteiger partial charge in [-0.1, -0.05) is 30.3 Å². The summed E-state index contributed by atoms with van der Waals surface area (Å²) >= 11 is 0. The lowest BCUT2D eigenvalue weighted by atomic mass is 10.0. The highest BCUT2D eigenvalue weighted by Gasteiger charge is 2.15. The fourth-order valence-corrected chi connectivity index (χ4v) is 2.48. The minimum absolute atomic E-state index is 0.301. The SMILES string of the molecule is CCOC(=O)c1ccc(NC(=O)c2ccccn2)c2ccccc12. The first-order valence-electron chi connectivity index (χ1n) is 7.62. The zero-order chi connectivity index (χ0) is 16.9. The van der Waals surface area contributed by atoms with Gasteiger partial charge < -0.3 is 10.1 Å². The van der Waals surface area contributed by atoms with E-state index in [-0.39, 0.29) is 11.9 Å². The van der Waals surface area contributed by atoms with E-state index in [2.05, 4.69) is 10.3 Å². The normalized spacial score (nSPS) is 10.4. The van der Waals surface area contributed by atoms with Crippen molar-refractivity contribution in [3.05, 3.63) is 72.1 Å². The van der Waals surface area contributed by atoms with Crippen molar-refractivity contribution in [3.8, 4) is 0 Å². The first-order chi connectivity index (χ1) is 11.7. The Balaban J connectivity index is 2.00. The maximum absolute atomic E-state index is 12.3. The van der Waals surface area contributed by atoms with Gasteiger partial charge in [0.25, 0.3) is 5.91 Å². The lowest BCUT2D eigenvalue weighted by Gasteiger charge is -2.11. The summed E-state index contributed by atoms with van der Waals surface area (Å²) in [5, 5.41) is 4.35. The predicted octanol–water partition coefficient (Wildman–Crippen LogP) is 3.66. The first kappa shape index (κ1) is 15.7. The zero-order valence-electron chi connectivity index (χ0n) is 13.2. The number of amides is 1. The van der Waals surface area contributed by atoms with Crippen LogP contribution < -0.4 is 5.32 Å². The molecule has 0 saturated carbocycles. The minimum Gasteiger partial charge on any atom is -0.462 e. The van der Waals surface area contributed by atoms with Gasteiger partial charge in [-0.25, -0.2) is 4.79 Å². The topological polar surface area (TPSA) is 68.3 Å². The van der Waals surface area contributed by atoms with E-state index < -0.39 is 0 Å². The molecule has 0 aliphatic rings. The third-order valence-corrected chi connectivity index (χ3v) is 3.57. The molecule has 24 heavy (non-hydrogen) atoms. The van der Waals surface area contributed by atoms with E-state index in [4.69, 9.17) is 4.74 Å². The van der Waals surface area contributed by atoms with Crippen molar-refractivity contribution >= 4 is 28.3 Å². The summed E-state index contributed by atoms with van der Waals surface area (Å²) < 4.78 is 5.09. The molecule has 0 aliphatic heterocycles. The third kappa shape index (κ3) is 3.10. The van der Waals surface area contributed by atoms with Crippen LogP contribution in [-0.2, 0) is 4.74 Å². The average Bonchev–Trinajstić information content (AvgIpc) is 2.63. The number of benzene rings is 2. The Morgan fingerprint density at radius 3 is 2.46 bits per heavy atom. The first-order valence-corrected chi connectivity index (χ1v) is 7.62. The number of fused-ring (bicyclic) bond motifs is 1. The molecule has 0 aliphatic carbocycles. The van der Waals surface area contributed by atoms with Gasteiger partial charge in [-0.2, -0.15) is 0 Å². The molecule has 1 aromatic heterocycles. The van der Waals surface area contributed by atoms with Crippen LogP contribution >= 0.6 is 0 Å².